The molecule has 2 aromatic rings. The lowest BCUT2D eigenvalue weighted by molar-refractivity contribution is 0.324. The first-order valence-electron chi connectivity index (χ1n) is 8.39. The van der Waals surface area contributed by atoms with Crippen LogP contribution in [0, 0.1) is 12.7 Å². The molecule has 140 valence electrons. The monoisotopic (exact) mass is 380 g/mol. The molecule has 1 saturated heterocycles. The van der Waals surface area contributed by atoms with Gasteiger partial charge in [-0.15, -0.1) is 0 Å². The predicted molar refractivity (Wildman–Crippen MR) is 95.3 cm³/mol. The van der Waals surface area contributed by atoms with Crippen LogP contribution in [0.15, 0.2) is 35.2 Å². The quantitative estimate of drug-likeness (QED) is 0.788. The molecule has 0 N–H and O–H groups in total. The number of ether oxygens (including phenoxy) is 1. The van der Waals surface area contributed by atoms with Crippen LogP contribution >= 0.6 is 0 Å². The second-order valence-corrected chi connectivity index (χ2v) is 7.86. The normalized spacial score (nSPS) is 15.9. The molecule has 0 amide bonds. The third-order valence-corrected chi connectivity index (χ3v) is 6.00. The van der Waals surface area contributed by atoms with E-state index in [0.29, 0.717) is 44.6 Å². The molecule has 1 aromatic carbocycles. The van der Waals surface area contributed by atoms with Crippen LogP contribution in [0.1, 0.15) is 12.6 Å². The molecule has 1 aromatic heterocycles. The van der Waals surface area contributed by atoms with Gasteiger partial charge in [0.25, 0.3) is 0 Å². The van der Waals surface area contributed by atoms with Gasteiger partial charge in [-0.3, -0.25) is 0 Å². The fourth-order valence-electron chi connectivity index (χ4n) is 2.77. The summed E-state index contributed by atoms with van der Waals surface area (Å²) in [5.74, 6) is 0.583. The molecule has 3 rings (SSSR count). The molecule has 0 spiro atoms. The summed E-state index contributed by atoms with van der Waals surface area (Å²) in [5.41, 5.74) is 0.791. The Morgan fingerprint density at radius 2 is 1.77 bits per heavy atom. The van der Waals surface area contributed by atoms with E-state index in [2.05, 4.69) is 9.97 Å². The maximum absolute atomic E-state index is 13.0. The van der Waals surface area contributed by atoms with Crippen LogP contribution in [0.3, 0.4) is 0 Å². The van der Waals surface area contributed by atoms with Gasteiger partial charge in [-0.25, -0.2) is 17.8 Å². The van der Waals surface area contributed by atoms with Gasteiger partial charge in [0.15, 0.2) is 0 Å². The number of aromatic nitrogens is 2. The molecule has 0 unspecified atom stereocenters. The van der Waals surface area contributed by atoms with Gasteiger partial charge in [0.05, 0.1) is 11.5 Å². The second kappa shape index (κ2) is 7.55. The van der Waals surface area contributed by atoms with Crippen LogP contribution in [0.25, 0.3) is 0 Å². The molecule has 0 atom stereocenters. The Kier molecular flexibility index (Phi) is 5.38. The molecular weight excluding hydrogens is 359 g/mol. The molecule has 0 aliphatic carbocycles. The van der Waals surface area contributed by atoms with E-state index in [1.165, 1.54) is 16.4 Å². The van der Waals surface area contributed by atoms with E-state index in [0.717, 1.165) is 17.8 Å². The first-order valence-corrected chi connectivity index (χ1v) is 9.83. The number of piperazine rings is 1. The van der Waals surface area contributed by atoms with E-state index >= 15 is 0 Å². The minimum absolute atomic E-state index is 0.0952. The summed E-state index contributed by atoms with van der Waals surface area (Å²) in [5, 5.41) is 0. The van der Waals surface area contributed by atoms with Crippen molar-refractivity contribution < 1.29 is 17.5 Å². The number of hydrogen-bond donors (Lipinski definition) is 0. The molecule has 0 bridgehead atoms. The van der Waals surface area contributed by atoms with Gasteiger partial charge in [0.2, 0.25) is 21.9 Å². The Hall–Kier alpha value is -2.26. The summed E-state index contributed by atoms with van der Waals surface area (Å²) in [7, 11) is -3.63. The van der Waals surface area contributed by atoms with Crippen molar-refractivity contribution >= 4 is 16.0 Å². The van der Waals surface area contributed by atoms with E-state index < -0.39 is 15.8 Å². The van der Waals surface area contributed by atoms with Crippen molar-refractivity contribution in [2.75, 3.05) is 37.7 Å². The molecule has 1 fully saturated rings. The Balaban J connectivity index is 1.72. The van der Waals surface area contributed by atoms with E-state index in [9.17, 15) is 12.8 Å². The average Bonchev–Trinajstić information content (AvgIpc) is 2.62. The summed E-state index contributed by atoms with van der Waals surface area (Å²) in [6.45, 7) is 5.81. The summed E-state index contributed by atoms with van der Waals surface area (Å²) in [6, 6.07) is 6.64. The van der Waals surface area contributed by atoms with Gasteiger partial charge in [-0.1, -0.05) is 0 Å². The highest BCUT2D eigenvalue weighted by Crippen LogP contribution is 2.21. The maximum atomic E-state index is 13.0. The van der Waals surface area contributed by atoms with Gasteiger partial charge in [-0.05, 0) is 38.1 Å². The molecular formula is C17H21FN4O3S. The lowest BCUT2D eigenvalue weighted by Crippen LogP contribution is -2.49. The number of aryl methyl sites for hydroxylation is 1. The summed E-state index contributed by atoms with van der Waals surface area (Å²) >= 11 is 0. The topological polar surface area (TPSA) is 75.6 Å². The van der Waals surface area contributed by atoms with Gasteiger partial charge in [-0.2, -0.15) is 9.29 Å². The van der Waals surface area contributed by atoms with Crippen LogP contribution in [0.5, 0.6) is 5.88 Å². The van der Waals surface area contributed by atoms with Crippen molar-refractivity contribution in [3.63, 3.8) is 0 Å². The Labute approximate surface area is 152 Å². The SMILES string of the molecule is CCOc1cc(C)nc(N2CCN(S(=O)(=O)c3ccc(F)cc3)CC2)n1. The standard InChI is InChI=1S/C17H21FN4O3S/c1-3-25-16-12-13(2)19-17(20-16)21-8-10-22(11-9-21)26(23,24)15-6-4-14(18)5-7-15/h4-7,12H,3,8-11H2,1-2H3. The van der Waals surface area contributed by atoms with Gasteiger partial charge in [0.1, 0.15) is 5.82 Å². The number of rotatable bonds is 5. The van der Waals surface area contributed by atoms with Crippen molar-refractivity contribution in [2.45, 2.75) is 18.7 Å². The number of nitrogens with zero attached hydrogens (tertiary/aromatic N) is 4. The van der Waals surface area contributed by atoms with Crippen molar-refractivity contribution in [1.29, 1.82) is 0 Å². The zero-order valence-electron chi connectivity index (χ0n) is 14.7. The van der Waals surface area contributed by atoms with E-state index in [1.807, 2.05) is 18.7 Å². The van der Waals surface area contributed by atoms with Crippen LogP contribution in [0.4, 0.5) is 10.3 Å². The molecule has 1 aliphatic heterocycles. The second-order valence-electron chi connectivity index (χ2n) is 5.93. The van der Waals surface area contributed by atoms with Crippen LogP contribution in [0.2, 0.25) is 0 Å². The van der Waals surface area contributed by atoms with Crippen LogP contribution in [-0.2, 0) is 10.0 Å². The van der Waals surface area contributed by atoms with Gasteiger partial charge < -0.3 is 9.64 Å². The molecule has 0 radical (unpaired) electrons. The molecule has 1 aliphatic rings. The lowest BCUT2D eigenvalue weighted by atomic mass is 10.3. The Morgan fingerprint density at radius 3 is 2.38 bits per heavy atom. The molecule has 2 heterocycles. The molecule has 26 heavy (non-hydrogen) atoms. The molecule has 9 heteroatoms. The van der Waals surface area contributed by atoms with Crippen LogP contribution in [-0.4, -0.2) is 55.5 Å². The van der Waals surface area contributed by atoms with Crippen LogP contribution < -0.4 is 9.64 Å². The summed E-state index contributed by atoms with van der Waals surface area (Å²) in [6.07, 6.45) is 0. The minimum atomic E-state index is -3.63. The first-order chi connectivity index (χ1) is 12.4. The number of halogens is 1. The van der Waals surface area contributed by atoms with Gasteiger partial charge in [0, 0.05) is 37.9 Å². The van der Waals surface area contributed by atoms with Crippen molar-refractivity contribution in [1.82, 2.24) is 14.3 Å². The third kappa shape index (κ3) is 3.94. The lowest BCUT2D eigenvalue weighted by Gasteiger charge is -2.34. The van der Waals surface area contributed by atoms with Gasteiger partial charge >= 0.3 is 0 Å². The summed E-state index contributed by atoms with van der Waals surface area (Å²) in [4.78, 5) is 10.8. The van der Waals surface area contributed by atoms with Crippen molar-refractivity contribution in [3.05, 3.63) is 41.8 Å². The zero-order valence-corrected chi connectivity index (χ0v) is 15.5. The fourth-order valence-corrected chi connectivity index (χ4v) is 4.19. The number of benzene rings is 1. The smallest absolute Gasteiger partial charge is 0.243 e. The van der Waals surface area contributed by atoms with E-state index in [4.69, 9.17) is 4.74 Å². The largest absolute Gasteiger partial charge is 0.478 e. The molecule has 0 saturated carbocycles. The minimum Gasteiger partial charge on any atom is -0.478 e. The first kappa shape index (κ1) is 18.5. The maximum Gasteiger partial charge on any atom is 0.243 e. The summed E-state index contributed by atoms with van der Waals surface area (Å²) < 4.78 is 45.2. The Morgan fingerprint density at radius 1 is 1.12 bits per heavy atom. The Bertz CT molecular complexity index is 866. The number of hydrogen-bond acceptors (Lipinski definition) is 6. The predicted octanol–water partition coefficient (Wildman–Crippen LogP) is 1.83. The van der Waals surface area contributed by atoms with Crippen molar-refractivity contribution in [3.8, 4) is 5.88 Å². The van der Waals surface area contributed by atoms with E-state index in [-0.39, 0.29) is 4.90 Å². The third-order valence-electron chi connectivity index (χ3n) is 4.08. The number of sulfonamides is 1. The number of anilines is 1. The fraction of sp³-hybridized carbons (Fsp3) is 0.412. The molecule has 7 nitrogen and oxygen atoms in total. The average molecular weight is 380 g/mol. The highest BCUT2D eigenvalue weighted by molar-refractivity contribution is 7.89. The van der Waals surface area contributed by atoms with Crippen molar-refractivity contribution in [2.24, 2.45) is 0 Å². The highest BCUT2D eigenvalue weighted by Gasteiger charge is 2.29. The van der Waals surface area contributed by atoms with E-state index in [1.54, 1.807) is 6.07 Å². The highest BCUT2D eigenvalue weighted by atomic mass is 32.2. The zero-order chi connectivity index (χ0) is 18.7.